The molecule has 2 atom stereocenters. The number of hydrogen-bond donors (Lipinski definition) is 0. The van der Waals surface area contributed by atoms with Crippen LogP contribution in [0.4, 0.5) is 0 Å². The van der Waals surface area contributed by atoms with E-state index in [1.165, 1.54) is 21.6 Å². The third-order valence-electron chi connectivity index (χ3n) is 6.25. The summed E-state index contributed by atoms with van der Waals surface area (Å²) >= 11 is 14.1. The van der Waals surface area contributed by atoms with Gasteiger partial charge in [-0.15, -0.1) is 11.8 Å². The number of thioether (sulfide) groups is 1. The maximum Gasteiger partial charge on any atom is 0.160 e. The molecule has 184 valence electrons. The van der Waals surface area contributed by atoms with Crippen molar-refractivity contribution in [2.75, 3.05) is 26.0 Å². The van der Waals surface area contributed by atoms with E-state index in [9.17, 15) is 0 Å². The van der Waals surface area contributed by atoms with Gasteiger partial charge in [-0.25, -0.2) is 0 Å². The second-order valence-electron chi connectivity index (χ2n) is 8.56. The normalized spacial score (nSPS) is 18.9. The highest BCUT2D eigenvalue weighted by Crippen LogP contribution is 2.34. The molecule has 1 aliphatic rings. The number of rotatable bonds is 10. The molecule has 35 heavy (non-hydrogen) atoms. The minimum absolute atomic E-state index is 0.00421. The maximum atomic E-state index is 6.44. The minimum Gasteiger partial charge on any atom is -0.490 e. The fourth-order valence-electron chi connectivity index (χ4n) is 4.30. The molecular weight excluding hydrogens is 497 g/mol. The van der Waals surface area contributed by atoms with Gasteiger partial charge in [-0.2, -0.15) is 0 Å². The molecule has 1 saturated heterocycles. The Morgan fingerprint density at radius 2 is 1.74 bits per heavy atom. The Hall–Kier alpha value is -1.95. The van der Waals surface area contributed by atoms with Gasteiger partial charge in [-0.05, 0) is 59.7 Å². The predicted octanol–water partition coefficient (Wildman–Crippen LogP) is 7.64. The van der Waals surface area contributed by atoms with Crippen LogP contribution in [0.25, 0.3) is 6.08 Å². The lowest BCUT2D eigenvalue weighted by Gasteiger charge is -2.39. The van der Waals surface area contributed by atoms with Crippen LogP contribution in [0.15, 0.2) is 89.8 Å². The van der Waals surface area contributed by atoms with Gasteiger partial charge >= 0.3 is 0 Å². The molecule has 1 aliphatic heterocycles. The van der Waals surface area contributed by atoms with Gasteiger partial charge in [0.15, 0.2) is 4.96 Å². The van der Waals surface area contributed by atoms with Crippen LogP contribution in [-0.4, -0.2) is 41.9 Å². The van der Waals surface area contributed by atoms with Gasteiger partial charge in [0.1, 0.15) is 12.4 Å². The van der Waals surface area contributed by atoms with E-state index in [1.54, 1.807) is 11.8 Å². The summed E-state index contributed by atoms with van der Waals surface area (Å²) in [5.41, 5.74) is 3.58. The molecule has 0 bridgehead atoms. The monoisotopic (exact) mass is 527 g/mol. The third kappa shape index (κ3) is 7.77. The Kier molecular flexibility index (Phi) is 9.99. The van der Waals surface area contributed by atoms with Crippen LogP contribution in [0.1, 0.15) is 29.0 Å². The average molecular weight is 529 g/mol. The second-order valence-corrected chi connectivity index (χ2v) is 10.5. The lowest BCUT2D eigenvalue weighted by molar-refractivity contribution is -0.0226. The topological polar surface area (TPSA) is 21.7 Å². The largest absolute Gasteiger partial charge is 0.490 e. The summed E-state index contributed by atoms with van der Waals surface area (Å²) in [6.07, 6.45) is 7.12. The van der Waals surface area contributed by atoms with Crippen molar-refractivity contribution in [1.29, 1.82) is 0 Å². The zero-order valence-corrected chi connectivity index (χ0v) is 22.2. The molecule has 6 heteroatoms. The predicted molar refractivity (Wildman–Crippen MR) is 149 cm³/mol. The van der Waals surface area contributed by atoms with E-state index in [0.29, 0.717) is 19.8 Å². The zero-order chi connectivity index (χ0) is 24.5. The van der Waals surface area contributed by atoms with E-state index >= 15 is 0 Å². The lowest BCUT2D eigenvalue weighted by Crippen LogP contribution is -2.45. The first-order valence-corrected chi connectivity index (χ1v) is 13.9. The van der Waals surface area contributed by atoms with Crippen LogP contribution >= 0.6 is 35.0 Å². The Bertz CT molecular complexity index is 1060. The van der Waals surface area contributed by atoms with Gasteiger partial charge in [0.05, 0.1) is 12.7 Å². The Morgan fingerprint density at radius 3 is 2.43 bits per heavy atom. The molecule has 3 aromatic carbocycles. The summed E-state index contributed by atoms with van der Waals surface area (Å²) in [4.78, 5) is 2.79. The summed E-state index contributed by atoms with van der Waals surface area (Å²) in [6, 6.07) is 27.1. The number of halogens is 2. The number of hydrogen-bond acceptors (Lipinski definition) is 4. The first-order chi connectivity index (χ1) is 17.1. The fourth-order valence-corrected chi connectivity index (χ4v) is 5.06. The summed E-state index contributed by atoms with van der Waals surface area (Å²) in [7, 11) is 0. The maximum absolute atomic E-state index is 6.44. The Morgan fingerprint density at radius 1 is 1.00 bits per heavy atom. The molecule has 0 spiro atoms. The molecule has 0 aliphatic carbocycles. The molecule has 0 radical (unpaired) electrons. The van der Waals surface area contributed by atoms with Gasteiger partial charge in [0, 0.05) is 23.9 Å². The van der Waals surface area contributed by atoms with Crippen LogP contribution in [0, 0.1) is 0 Å². The zero-order valence-electron chi connectivity index (χ0n) is 19.9. The van der Waals surface area contributed by atoms with Gasteiger partial charge in [-0.3, -0.25) is 4.90 Å². The van der Waals surface area contributed by atoms with Gasteiger partial charge in [-0.1, -0.05) is 83.9 Å². The van der Waals surface area contributed by atoms with E-state index in [4.69, 9.17) is 32.7 Å². The second kappa shape index (κ2) is 13.4. The number of alkyl halides is 2. The highest BCUT2D eigenvalue weighted by molar-refractivity contribution is 7.98. The highest BCUT2D eigenvalue weighted by Gasteiger charge is 2.33. The lowest BCUT2D eigenvalue weighted by atomic mass is 9.87. The van der Waals surface area contributed by atoms with E-state index in [2.05, 4.69) is 65.8 Å². The molecule has 3 aromatic rings. The quantitative estimate of drug-likeness (QED) is 0.153. The molecular formula is C29H31Cl2NO2S. The van der Waals surface area contributed by atoms with E-state index in [0.717, 1.165) is 18.7 Å². The molecule has 0 aromatic heterocycles. The van der Waals surface area contributed by atoms with Crippen LogP contribution in [0.5, 0.6) is 5.75 Å². The van der Waals surface area contributed by atoms with Crippen molar-refractivity contribution >= 4 is 41.0 Å². The Labute approximate surface area is 223 Å². The summed E-state index contributed by atoms with van der Waals surface area (Å²) in [5, 5.41) is 0. The fraction of sp³-hybridized carbons (Fsp3) is 0.310. The van der Waals surface area contributed by atoms with Crippen molar-refractivity contribution < 1.29 is 9.47 Å². The average Bonchev–Trinajstić information content (AvgIpc) is 2.91. The molecule has 4 rings (SSSR count). The van der Waals surface area contributed by atoms with Crippen LogP contribution in [0.3, 0.4) is 0 Å². The van der Waals surface area contributed by atoms with Gasteiger partial charge in [0.25, 0.3) is 0 Å². The van der Waals surface area contributed by atoms with Crippen molar-refractivity contribution in [1.82, 2.24) is 4.90 Å². The first-order valence-electron chi connectivity index (χ1n) is 11.8. The first kappa shape index (κ1) is 26.1. The van der Waals surface area contributed by atoms with E-state index in [-0.39, 0.29) is 12.0 Å². The van der Waals surface area contributed by atoms with Crippen LogP contribution in [-0.2, 0) is 11.3 Å². The highest BCUT2D eigenvalue weighted by atomic mass is 35.5. The smallest absolute Gasteiger partial charge is 0.160 e. The number of nitrogens with zero attached hydrogens (tertiary/aromatic N) is 1. The summed E-state index contributed by atoms with van der Waals surface area (Å²) in [5.74, 6) is 1.13. The molecule has 1 fully saturated rings. The van der Waals surface area contributed by atoms with Gasteiger partial charge in [0.2, 0.25) is 0 Å². The number of piperidine rings is 1. The number of ether oxygens (including phenoxy) is 2. The number of benzene rings is 3. The summed E-state index contributed by atoms with van der Waals surface area (Å²) in [6.45, 7) is 2.63. The molecule has 2 unspecified atom stereocenters. The molecule has 3 nitrogen and oxygen atoms in total. The standard InChI is InChI=1S/C29H31Cl2NO2S/c1-35-26-15-9-23(10-16-26)21-34-28-20-32(29(30)31)18-17-27(28)24-11-13-25(14-12-24)33-19-5-8-22-6-3-2-4-7-22/h2-16,27-29H,17-21H2,1H3. The molecule has 0 amide bonds. The molecule has 0 N–H and O–H groups in total. The number of likely N-dealkylation sites (tertiary alicyclic amines) is 1. The van der Waals surface area contributed by atoms with E-state index in [1.807, 2.05) is 36.4 Å². The van der Waals surface area contributed by atoms with Crippen molar-refractivity contribution in [3.8, 4) is 5.75 Å². The SMILES string of the molecule is CSc1ccc(COC2CN(C(Cl)Cl)CCC2c2ccc(OCC=Cc3ccccc3)cc2)cc1. The van der Waals surface area contributed by atoms with Crippen LogP contribution in [0.2, 0.25) is 0 Å². The van der Waals surface area contributed by atoms with Crippen molar-refractivity contribution in [3.05, 3.63) is 102 Å². The Balaban J connectivity index is 1.37. The summed E-state index contributed by atoms with van der Waals surface area (Å²) < 4.78 is 12.3. The van der Waals surface area contributed by atoms with Crippen molar-refractivity contribution in [2.24, 2.45) is 0 Å². The van der Waals surface area contributed by atoms with Crippen molar-refractivity contribution in [3.63, 3.8) is 0 Å². The third-order valence-corrected chi connectivity index (χ3v) is 7.55. The molecule has 0 saturated carbocycles. The van der Waals surface area contributed by atoms with Crippen LogP contribution < -0.4 is 4.74 Å². The minimum atomic E-state index is -0.525. The van der Waals surface area contributed by atoms with Crippen molar-refractivity contribution in [2.45, 2.75) is 34.9 Å². The molecule has 1 heterocycles. The van der Waals surface area contributed by atoms with Gasteiger partial charge < -0.3 is 9.47 Å². The van der Waals surface area contributed by atoms with E-state index < -0.39 is 4.96 Å².